The molecule has 0 fully saturated rings. The van der Waals surface area contributed by atoms with Crippen LogP contribution in [0.2, 0.25) is 0 Å². The summed E-state index contributed by atoms with van der Waals surface area (Å²) in [4.78, 5) is 12.0. The van der Waals surface area contributed by atoms with Crippen molar-refractivity contribution in [3.63, 3.8) is 0 Å². The van der Waals surface area contributed by atoms with Gasteiger partial charge >= 0.3 is 0 Å². The Kier molecular flexibility index (Phi) is 4.45. The van der Waals surface area contributed by atoms with E-state index in [1.165, 1.54) is 6.07 Å². The van der Waals surface area contributed by atoms with Crippen LogP contribution in [0.25, 0.3) is 0 Å². The van der Waals surface area contributed by atoms with E-state index in [9.17, 15) is 13.6 Å². The molecule has 0 radical (unpaired) electrons. The van der Waals surface area contributed by atoms with E-state index in [0.717, 1.165) is 12.1 Å². The van der Waals surface area contributed by atoms with Gasteiger partial charge in [0.1, 0.15) is 17.4 Å². The first kappa shape index (κ1) is 14.2. The maximum Gasteiger partial charge on any atom is 0.167 e. The Morgan fingerprint density at radius 1 is 1.10 bits per heavy atom. The molecule has 2 rings (SSSR count). The molecule has 0 aromatic heterocycles. The van der Waals surface area contributed by atoms with Crippen LogP contribution in [0.3, 0.4) is 0 Å². The number of Topliss-reactive ketones (excluding diaryl/α,β-unsaturated/α-hetero) is 1. The minimum absolute atomic E-state index is 0.0971. The molecule has 0 saturated heterocycles. The molecular weight excluding hydrogens is 262 g/mol. The van der Waals surface area contributed by atoms with Crippen molar-refractivity contribution in [1.29, 1.82) is 0 Å². The van der Waals surface area contributed by atoms with Gasteiger partial charge in [-0.1, -0.05) is 6.07 Å². The SMILES string of the molecule is CCOc1ccc(C(=O)Cc2ccc(F)cc2F)cc1. The summed E-state index contributed by atoms with van der Waals surface area (Å²) in [5.74, 6) is -0.903. The van der Waals surface area contributed by atoms with Crippen molar-refractivity contribution in [1.82, 2.24) is 0 Å². The van der Waals surface area contributed by atoms with Crippen LogP contribution in [0.1, 0.15) is 22.8 Å². The van der Waals surface area contributed by atoms with E-state index in [0.29, 0.717) is 17.9 Å². The van der Waals surface area contributed by atoms with Gasteiger partial charge in [0, 0.05) is 18.1 Å². The third-order valence-electron chi connectivity index (χ3n) is 2.85. The van der Waals surface area contributed by atoms with Crippen LogP contribution < -0.4 is 4.74 Å². The molecule has 0 saturated carbocycles. The van der Waals surface area contributed by atoms with E-state index in [2.05, 4.69) is 0 Å². The van der Waals surface area contributed by atoms with E-state index in [-0.39, 0.29) is 17.8 Å². The normalized spacial score (nSPS) is 10.3. The molecular formula is C16H14F2O2. The monoisotopic (exact) mass is 276 g/mol. The second-order valence-electron chi connectivity index (χ2n) is 4.29. The summed E-state index contributed by atoms with van der Waals surface area (Å²) in [7, 11) is 0. The average molecular weight is 276 g/mol. The van der Waals surface area contributed by atoms with Crippen LogP contribution in [0.4, 0.5) is 8.78 Å². The summed E-state index contributed by atoms with van der Waals surface area (Å²) in [6.45, 7) is 2.42. The van der Waals surface area contributed by atoms with Crippen LogP contribution in [0, 0.1) is 11.6 Å². The van der Waals surface area contributed by atoms with E-state index in [4.69, 9.17) is 4.74 Å². The number of ketones is 1. The van der Waals surface area contributed by atoms with Crippen LogP contribution in [0.5, 0.6) is 5.75 Å². The molecule has 0 unspecified atom stereocenters. The van der Waals surface area contributed by atoms with Gasteiger partial charge in [-0.25, -0.2) is 8.78 Å². The molecule has 2 aromatic rings. The lowest BCUT2D eigenvalue weighted by Gasteiger charge is -2.05. The van der Waals surface area contributed by atoms with Crippen molar-refractivity contribution in [2.75, 3.05) is 6.61 Å². The second kappa shape index (κ2) is 6.28. The molecule has 0 aliphatic rings. The van der Waals surface area contributed by atoms with Gasteiger partial charge in [0.05, 0.1) is 6.61 Å². The minimum atomic E-state index is -0.704. The Labute approximate surface area is 116 Å². The highest BCUT2D eigenvalue weighted by atomic mass is 19.1. The first-order valence-corrected chi connectivity index (χ1v) is 6.30. The van der Waals surface area contributed by atoms with Gasteiger partial charge in [-0.2, -0.15) is 0 Å². The fourth-order valence-electron chi connectivity index (χ4n) is 1.84. The molecule has 104 valence electrons. The molecule has 4 heteroatoms. The highest BCUT2D eigenvalue weighted by molar-refractivity contribution is 5.97. The zero-order valence-electron chi connectivity index (χ0n) is 11.0. The highest BCUT2D eigenvalue weighted by Crippen LogP contribution is 2.16. The lowest BCUT2D eigenvalue weighted by atomic mass is 10.0. The first-order chi connectivity index (χ1) is 9.60. The Morgan fingerprint density at radius 2 is 1.80 bits per heavy atom. The van der Waals surface area contributed by atoms with E-state index >= 15 is 0 Å². The third-order valence-corrected chi connectivity index (χ3v) is 2.85. The molecule has 2 nitrogen and oxygen atoms in total. The van der Waals surface area contributed by atoms with Crippen molar-refractivity contribution in [2.24, 2.45) is 0 Å². The predicted octanol–water partition coefficient (Wildman–Crippen LogP) is 3.79. The van der Waals surface area contributed by atoms with E-state index in [1.54, 1.807) is 24.3 Å². The van der Waals surface area contributed by atoms with Gasteiger partial charge in [-0.05, 0) is 42.8 Å². The molecule has 0 bridgehead atoms. The zero-order chi connectivity index (χ0) is 14.5. The summed E-state index contributed by atoms with van der Waals surface area (Å²) in [5.41, 5.74) is 0.655. The van der Waals surface area contributed by atoms with Gasteiger partial charge in [-0.3, -0.25) is 4.79 Å². The number of hydrogen-bond acceptors (Lipinski definition) is 2. The van der Waals surface area contributed by atoms with E-state index < -0.39 is 11.6 Å². The molecule has 0 atom stereocenters. The minimum Gasteiger partial charge on any atom is -0.494 e. The van der Waals surface area contributed by atoms with Crippen LogP contribution in [0.15, 0.2) is 42.5 Å². The molecule has 0 heterocycles. The number of benzene rings is 2. The number of carbonyl (C=O) groups excluding carboxylic acids is 1. The van der Waals surface area contributed by atoms with Crippen molar-refractivity contribution in [2.45, 2.75) is 13.3 Å². The smallest absolute Gasteiger partial charge is 0.167 e. The van der Waals surface area contributed by atoms with Crippen LogP contribution in [-0.4, -0.2) is 12.4 Å². The van der Waals surface area contributed by atoms with E-state index in [1.807, 2.05) is 6.92 Å². The molecule has 2 aromatic carbocycles. The van der Waals surface area contributed by atoms with Crippen molar-refractivity contribution in [3.8, 4) is 5.75 Å². The lowest BCUT2D eigenvalue weighted by Crippen LogP contribution is -2.05. The maximum atomic E-state index is 13.5. The predicted molar refractivity (Wildman–Crippen MR) is 72.0 cm³/mol. The van der Waals surface area contributed by atoms with Crippen molar-refractivity contribution < 1.29 is 18.3 Å². The standard InChI is InChI=1S/C16H14F2O2/c1-2-20-14-7-4-11(5-8-14)16(19)9-12-3-6-13(17)10-15(12)18/h3-8,10H,2,9H2,1H3. The van der Waals surface area contributed by atoms with Crippen molar-refractivity contribution >= 4 is 5.78 Å². The largest absolute Gasteiger partial charge is 0.494 e. The zero-order valence-corrected chi connectivity index (χ0v) is 11.0. The molecule has 0 aliphatic carbocycles. The molecule has 0 aliphatic heterocycles. The quantitative estimate of drug-likeness (QED) is 0.777. The van der Waals surface area contributed by atoms with Gasteiger partial charge < -0.3 is 4.74 Å². The summed E-state index contributed by atoms with van der Waals surface area (Å²) in [6, 6.07) is 9.86. The topological polar surface area (TPSA) is 26.3 Å². The van der Waals surface area contributed by atoms with Crippen molar-refractivity contribution in [3.05, 3.63) is 65.2 Å². The number of ether oxygens (including phenoxy) is 1. The third kappa shape index (κ3) is 3.41. The first-order valence-electron chi connectivity index (χ1n) is 6.30. The summed E-state index contributed by atoms with van der Waals surface area (Å²) in [5, 5.41) is 0. The van der Waals surface area contributed by atoms with Gasteiger partial charge in [0.25, 0.3) is 0 Å². The Morgan fingerprint density at radius 3 is 2.40 bits per heavy atom. The summed E-state index contributed by atoms with van der Waals surface area (Å²) >= 11 is 0. The number of halogens is 2. The number of rotatable bonds is 5. The fraction of sp³-hybridized carbons (Fsp3) is 0.188. The fourth-order valence-corrected chi connectivity index (χ4v) is 1.84. The highest BCUT2D eigenvalue weighted by Gasteiger charge is 2.11. The second-order valence-corrected chi connectivity index (χ2v) is 4.29. The summed E-state index contributed by atoms with van der Waals surface area (Å²) < 4.78 is 31.5. The van der Waals surface area contributed by atoms with Gasteiger partial charge in [0.2, 0.25) is 0 Å². The molecule has 0 amide bonds. The molecule has 0 N–H and O–H groups in total. The Balaban J connectivity index is 2.11. The van der Waals surface area contributed by atoms with Crippen LogP contribution in [-0.2, 0) is 6.42 Å². The summed E-state index contributed by atoms with van der Waals surface area (Å²) in [6.07, 6.45) is -0.0971. The Bertz CT molecular complexity index is 606. The van der Waals surface area contributed by atoms with Gasteiger partial charge in [-0.15, -0.1) is 0 Å². The number of carbonyl (C=O) groups is 1. The van der Waals surface area contributed by atoms with Crippen LogP contribution >= 0.6 is 0 Å². The lowest BCUT2D eigenvalue weighted by molar-refractivity contribution is 0.0991. The maximum absolute atomic E-state index is 13.5. The van der Waals surface area contributed by atoms with Gasteiger partial charge in [0.15, 0.2) is 5.78 Å². The molecule has 0 spiro atoms. The number of hydrogen-bond donors (Lipinski definition) is 0. The average Bonchev–Trinajstić information content (AvgIpc) is 2.43. The Hall–Kier alpha value is -2.23. The molecule has 20 heavy (non-hydrogen) atoms.